The molecule has 2 aromatic rings. The molecule has 1 fully saturated rings. The van der Waals surface area contributed by atoms with Crippen molar-refractivity contribution in [1.82, 2.24) is 4.31 Å². The minimum atomic E-state index is -3.50. The third-order valence-corrected chi connectivity index (χ3v) is 5.79. The van der Waals surface area contributed by atoms with Crippen molar-refractivity contribution in [3.63, 3.8) is 0 Å². The number of hydrogen-bond donors (Lipinski definition) is 0. The van der Waals surface area contributed by atoms with E-state index in [4.69, 9.17) is 0 Å². The zero-order chi connectivity index (χ0) is 15.6. The van der Waals surface area contributed by atoms with E-state index in [0.29, 0.717) is 12.8 Å². The Kier molecular flexibility index (Phi) is 4.09. The summed E-state index contributed by atoms with van der Waals surface area (Å²) in [4.78, 5) is 11.5. The lowest BCUT2D eigenvalue weighted by Gasteiger charge is -2.25. The highest BCUT2D eigenvalue weighted by molar-refractivity contribution is 7.89. The summed E-state index contributed by atoms with van der Waals surface area (Å²) in [5.74, 6) is 0.130. The maximum absolute atomic E-state index is 12.6. The van der Waals surface area contributed by atoms with Gasteiger partial charge < -0.3 is 0 Å². The van der Waals surface area contributed by atoms with Gasteiger partial charge in [-0.25, -0.2) is 8.42 Å². The van der Waals surface area contributed by atoms with Crippen molar-refractivity contribution in [3.8, 4) is 11.1 Å². The van der Waals surface area contributed by atoms with Crippen LogP contribution in [0.25, 0.3) is 11.1 Å². The molecule has 0 aliphatic carbocycles. The average Bonchev–Trinajstić information content (AvgIpc) is 2.56. The SMILES string of the molecule is O=C1CCN(S(=O)(=O)c2ccc(-c3ccccc3)cc2)CC1. The predicted octanol–water partition coefficient (Wildman–Crippen LogP) is 2.71. The van der Waals surface area contributed by atoms with Gasteiger partial charge in [0.15, 0.2) is 0 Å². The minimum Gasteiger partial charge on any atom is -0.300 e. The highest BCUT2D eigenvalue weighted by atomic mass is 32.2. The molecule has 1 saturated heterocycles. The fraction of sp³-hybridized carbons (Fsp3) is 0.235. The van der Waals surface area contributed by atoms with Gasteiger partial charge in [0.25, 0.3) is 0 Å². The number of benzene rings is 2. The molecule has 1 aliphatic rings. The molecule has 0 N–H and O–H groups in total. The van der Waals surface area contributed by atoms with Gasteiger partial charge in [-0.15, -0.1) is 0 Å². The molecule has 114 valence electrons. The minimum absolute atomic E-state index is 0.130. The van der Waals surface area contributed by atoms with Crippen LogP contribution >= 0.6 is 0 Å². The third kappa shape index (κ3) is 2.96. The number of nitrogens with zero attached hydrogens (tertiary/aromatic N) is 1. The first-order valence-corrected chi connectivity index (χ1v) is 8.69. The van der Waals surface area contributed by atoms with Crippen molar-refractivity contribution in [2.24, 2.45) is 0 Å². The molecule has 0 aromatic heterocycles. The first-order valence-electron chi connectivity index (χ1n) is 7.25. The summed E-state index contributed by atoms with van der Waals surface area (Å²) in [5, 5.41) is 0. The van der Waals surface area contributed by atoms with E-state index in [2.05, 4.69) is 0 Å². The Morgan fingerprint density at radius 1 is 0.773 bits per heavy atom. The van der Waals surface area contributed by atoms with Crippen LogP contribution < -0.4 is 0 Å². The van der Waals surface area contributed by atoms with E-state index in [1.165, 1.54) is 4.31 Å². The molecule has 0 spiro atoms. The summed E-state index contributed by atoms with van der Waals surface area (Å²) in [6.45, 7) is 0.559. The van der Waals surface area contributed by atoms with E-state index in [1.807, 2.05) is 42.5 Å². The Balaban J connectivity index is 1.84. The number of sulfonamides is 1. The lowest BCUT2D eigenvalue weighted by Crippen LogP contribution is -2.38. The normalized spacial score (nSPS) is 16.6. The van der Waals surface area contributed by atoms with Gasteiger partial charge >= 0.3 is 0 Å². The maximum atomic E-state index is 12.6. The molecule has 3 rings (SSSR count). The summed E-state index contributed by atoms with van der Waals surface area (Å²) >= 11 is 0. The van der Waals surface area contributed by atoms with Gasteiger partial charge in [-0.1, -0.05) is 42.5 Å². The molecule has 0 saturated carbocycles. The third-order valence-electron chi connectivity index (χ3n) is 3.88. The monoisotopic (exact) mass is 315 g/mol. The number of hydrogen-bond acceptors (Lipinski definition) is 3. The summed E-state index contributed by atoms with van der Waals surface area (Å²) in [6.07, 6.45) is 0.614. The van der Waals surface area contributed by atoms with Gasteiger partial charge in [0.05, 0.1) is 4.90 Å². The Bertz CT molecular complexity index is 757. The number of piperidine rings is 1. The van der Waals surface area contributed by atoms with Crippen LogP contribution in [0.2, 0.25) is 0 Å². The van der Waals surface area contributed by atoms with E-state index in [1.54, 1.807) is 12.1 Å². The second-order valence-electron chi connectivity index (χ2n) is 5.33. The fourth-order valence-corrected chi connectivity index (χ4v) is 4.02. The molecule has 2 aromatic carbocycles. The molecule has 0 amide bonds. The van der Waals surface area contributed by atoms with Gasteiger partial charge in [0.1, 0.15) is 5.78 Å². The molecule has 1 aliphatic heterocycles. The van der Waals surface area contributed by atoms with Crippen LogP contribution in [-0.2, 0) is 14.8 Å². The Hall–Kier alpha value is -1.98. The Morgan fingerprint density at radius 2 is 1.32 bits per heavy atom. The Morgan fingerprint density at radius 3 is 1.91 bits per heavy atom. The van der Waals surface area contributed by atoms with Crippen molar-refractivity contribution in [2.45, 2.75) is 17.7 Å². The summed E-state index contributed by atoms with van der Waals surface area (Å²) in [6, 6.07) is 16.7. The number of carbonyl (C=O) groups excluding carboxylic acids is 1. The highest BCUT2D eigenvalue weighted by Crippen LogP contribution is 2.24. The molecule has 0 radical (unpaired) electrons. The van der Waals surface area contributed by atoms with Crippen LogP contribution in [0.15, 0.2) is 59.5 Å². The molecule has 22 heavy (non-hydrogen) atoms. The predicted molar refractivity (Wildman–Crippen MR) is 84.9 cm³/mol. The quantitative estimate of drug-likeness (QED) is 0.875. The van der Waals surface area contributed by atoms with Crippen molar-refractivity contribution in [1.29, 1.82) is 0 Å². The van der Waals surface area contributed by atoms with Crippen molar-refractivity contribution >= 4 is 15.8 Å². The largest absolute Gasteiger partial charge is 0.300 e. The molecule has 5 heteroatoms. The van der Waals surface area contributed by atoms with Gasteiger partial charge in [0, 0.05) is 25.9 Å². The fourth-order valence-electron chi connectivity index (χ4n) is 2.57. The van der Waals surface area contributed by atoms with E-state index >= 15 is 0 Å². The summed E-state index contributed by atoms with van der Waals surface area (Å²) in [7, 11) is -3.50. The van der Waals surface area contributed by atoms with Crippen LogP contribution in [0.4, 0.5) is 0 Å². The van der Waals surface area contributed by atoms with Crippen molar-refractivity contribution in [3.05, 3.63) is 54.6 Å². The van der Waals surface area contributed by atoms with Crippen LogP contribution in [0.5, 0.6) is 0 Å². The van der Waals surface area contributed by atoms with Crippen molar-refractivity contribution < 1.29 is 13.2 Å². The summed E-state index contributed by atoms with van der Waals surface area (Å²) < 4.78 is 26.5. The van der Waals surface area contributed by atoms with Gasteiger partial charge in [-0.05, 0) is 23.3 Å². The number of rotatable bonds is 3. The molecule has 0 bridgehead atoms. The highest BCUT2D eigenvalue weighted by Gasteiger charge is 2.28. The zero-order valence-electron chi connectivity index (χ0n) is 12.1. The molecule has 4 nitrogen and oxygen atoms in total. The van der Waals surface area contributed by atoms with E-state index in [-0.39, 0.29) is 23.8 Å². The zero-order valence-corrected chi connectivity index (χ0v) is 12.9. The lowest BCUT2D eigenvalue weighted by molar-refractivity contribution is -0.120. The van der Waals surface area contributed by atoms with Crippen LogP contribution in [-0.4, -0.2) is 31.6 Å². The maximum Gasteiger partial charge on any atom is 0.243 e. The van der Waals surface area contributed by atoms with Gasteiger partial charge in [-0.3, -0.25) is 4.79 Å². The van der Waals surface area contributed by atoms with E-state index in [0.717, 1.165) is 11.1 Å². The molecule has 0 unspecified atom stereocenters. The van der Waals surface area contributed by atoms with Crippen LogP contribution in [0.3, 0.4) is 0 Å². The number of ketones is 1. The van der Waals surface area contributed by atoms with E-state index in [9.17, 15) is 13.2 Å². The van der Waals surface area contributed by atoms with Gasteiger partial charge in [-0.2, -0.15) is 4.31 Å². The van der Waals surface area contributed by atoms with Crippen molar-refractivity contribution in [2.75, 3.05) is 13.1 Å². The lowest BCUT2D eigenvalue weighted by atomic mass is 10.1. The summed E-state index contributed by atoms with van der Waals surface area (Å²) in [5.41, 5.74) is 2.03. The van der Waals surface area contributed by atoms with Gasteiger partial charge in [0.2, 0.25) is 10.0 Å². The van der Waals surface area contributed by atoms with Crippen LogP contribution in [0.1, 0.15) is 12.8 Å². The number of Topliss-reactive ketones (excluding diaryl/α,β-unsaturated/α-hetero) is 1. The molecular formula is C17H17NO3S. The molecule has 0 atom stereocenters. The Labute approximate surface area is 130 Å². The second-order valence-corrected chi connectivity index (χ2v) is 7.27. The molecular weight excluding hydrogens is 298 g/mol. The smallest absolute Gasteiger partial charge is 0.243 e. The second kappa shape index (κ2) is 6.02. The number of carbonyl (C=O) groups is 1. The first-order chi connectivity index (χ1) is 10.6. The van der Waals surface area contributed by atoms with E-state index < -0.39 is 10.0 Å². The average molecular weight is 315 g/mol. The van der Waals surface area contributed by atoms with Crippen LogP contribution in [0, 0.1) is 0 Å². The standard InChI is InChI=1S/C17H17NO3S/c19-16-10-12-18(13-11-16)22(20,21)17-8-6-15(7-9-17)14-4-2-1-3-5-14/h1-9H,10-13H2. The first kappa shape index (κ1) is 14.9. The topological polar surface area (TPSA) is 54.5 Å². The molecule has 1 heterocycles.